The highest BCUT2D eigenvalue weighted by Crippen LogP contribution is 2.29. The normalized spacial score (nSPS) is 28.2. The summed E-state index contributed by atoms with van der Waals surface area (Å²) in [5.74, 6) is 0. The van der Waals surface area contributed by atoms with Crippen molar-refractivity contribution in [3.8, 4) is 0 Å². The van der Waals surface area contributed by atoms with Gasteiger partial charge in [0, 0.05) is 18.6 Å². The molecule has 1 atom stereocenters. The first-order valence-electron chi connectivity index (χ1n) is 5.58. The molecule has 0 aromatic carbocycles. The van der Waals surface area contributed by atoms with Crippen molar-refractivity contribution in [2.75, 3.05) is 13.1 Å². The van der Waals surface area contributed by atoms with Crippen molar-refractivity contribution in [3.63, 3.8) is 0 Å². The minimum Gasteiger partial charge on any atom is -0.320 e. The summed E-state index contributed by atoms with van der Waals surface area (Å²) in [6.07, 6.45) is 3.66. The molecule has 2 saturated heterocycles. The van der Waals surface area contributed by atoms with Crippen LogP contribution in [0.4, 0.5) is 4.79 Å². The molecule has 2 rings (SSSR count). The van der Waals surface area contributed by atoms with E-state index in [1.54, 1.807) is 0 Å². The third kappa shape index (κ3) is 1.49. The van der Waals surface area contributed by atoms with Crippen LogP contribution in [0.3, 0.4) is 0 Å². The van der Waals surface area contributed by atoms with E-state index in [1.807, 2.05) is 4.90 Å². The highest BCUT2D eigenvalue weighted by atomic mass is 16.2. The summed E-state index contributed by atoms with van der Waals surface area (Å²) in [6, 6.07) is 0.748. The fourth-order valence-corrected chi connectivity index (χ4v) is 2.45. The van der Waals surface area contributed by atoms with Crippen molar-refractivity contribution in [2.24, 2.45) is 0 Å². The predicted molar refractivity (Wildman–Crippen MR) is 56.2 cm³/mol. The Bertz CT molecular complexity index is 244. The number of piperidine rings is 1. The monoisotopic (exact) mass is 196 g/mol. The predicted octanol–water partition coefficient (Wildman–Crippen LogP) is 2.08. The number of hydrogen-bond acceptors (Lipinski definition) is 1. The molecule has 0 aliphatic carbocycles. The maximum atomic E-state index is 12.0. The molecule has 0 aromatic rings. The molecule has 0 saturated carbocycles. The van der Waals surface area contributed by atoms with Gasteiger partial charge in [-0.25, -0.2) is 4.79 Å². The number of hydrogen-bond donors (Lipinski definition) is 0. The van der Waals surface area contributed by atoms with E-state index < -0.39 is 0 Å². The summed E-state index contributed by atoms with van der Waals surface area (Å²) >= 11 is 0. The van der Waals surface area contributed by atoms with E-state index in [2.05, 4.69) is 25.7 Å². The molecule has 2 heterocycles. The van der Waals surface area contributed by atoms with Gasteiger partial charge in [-0.2, -0.15) is 0 Å². The molecule has 2 aliphatic rings. The maximum Gasteiger partial charge on any atom is 0.320 e. The van der Waals surface area contributed by atoms with Crippen LogP contribution in [-0.2, 0) is 0 Å². The van der Waals surface area contributed by atoms with Crippen LogP contribution in [-0.4, -0.2) is 40.5 Å². The average Bonchev–Trinajstić information content (AvgIpc) is 2.44. The van der Waals surface area contributed by atoms with Gasteiger partial charge in [0.05, 0.1) is 6.04 Å². The molecule has 0 radical (unpaired) electrons. The van der Waals surface area contributed by atoms with Crippen LogP contribution in [0.1, 0.15) is 40.0 Å². The second-order valence-electron chi connectivity index (χ2n) is 5.41. The Hall–Kier alpha value is -0.730. The summed E-state index contributed by atoms with van der Waals surface area (Å²) in [5, 5.41) is 0. The van der Waals surface area contributed by atoms with Gasteiger partial charge in [-0.15, -0.1) is 0 Å². The van der Waals surface area contributed by atoms with Gasteiger partial charge in [0.25, 0.3) is 0 Å². The number of urea groups is 1. The summed E-state index contributed by atoms with van der Waals surface area (Å²) in [5.41, 5.74) is -0.0194. The minimum absolute atomic E-state index is 0.0194. The SMILES string of the molecule is CC(C)(C)N1CC2CCCCN2C1=O. The van der Waals surface area contributed by atoms with E-state index >= 15 is 0 Å². The lowest BCUT2D eigenvalue weighted by Gasteiger charge is -2.31. The Balaban J connectivity index is 2.14. The lowest BCUT2D eigenvalue weighted by Crippen LogP contribution is -2.44. The summed E-state index contributed by atoms with van der Waals surface area (Å²) in [7, 11) is 0. The first-order chi connectivity index (χ1) is 6.50. The van der Waals surface area contributed by atoms with Gasteiger partial charge in [-0.3, -0.25) is 0 Å². The fraction of sp³-hybridized carbons (Fsp3) is 0.909. The topological polar surface area (TPSA) is 23.6 Å². The Labute approximate surface area is 86.1 Å². The molecular formula is C11H20N2O. The van der Waals surface area contributed by atoms with Gasteiger partial charge in [0.15, 0.2) is 0 Å². The van der Waals surface area contributed by atoms with E-state index in [0.29, 0.717) is 6.04 Å². The zero-order valence-corrected chi connectivity index (χ0v) is 9.42. The zero-order valence-electron chi connectivity index (χ0n) is 9.42. The highest BCUT2D eigenvalue weighted by molar-refractivity contribution is 5.78. The van der Waals surface area contributed by atoms with E-state index in [1.165, 1.54) is 19.3 Å². The average molecular weight is 196 g/mol. The van der Waals surface area contributed by atoms with Crippen molar-refractivity contribution in [1.82, 2.24) is 9.80 Å². The van der Waals surface area contributed by atoms with E-state index in [-0.39, 0.29) is 11.6 Å². The molecule has 0 spiro atoms. The molecular weight excluding hydrogens is 176 g/mol. The van der Waals surface area contributed by atoms with Crippen LogP contribution in [0.5, 0.6) is 0 Å². The minimum atomic E-state index is -0.0194. The third-order valence-corrected chi connectivity index (χ3v) is 3.31. The number of rotatable bonds is 0. The molecule has 3 heteroatoms. The smallest absolute Gasteiger partial charge is 0.320 e. The van der Waals surface area contributed by atoms with Crippen LogP contribution < -0.4 is 0 Å². The van der Waals surface area contributed by atoms with Crippen LogP contribution in [0.25, 0.3) is 0 Å². The third-order valence-electron chi connectivity index (χ3n) is 3.31. The molecule has 14 heavy (non-hydrogen) atoms. The fourth-order valence-electron chi connectivity index (χ4n) is 2.45. The van der Waals surface area contributed by atoms with Crippen LogP contribution in [0.15, 0.2) is 0 Å². The largest absolute Gasteiger partial charge is 0.320 e. The van der Waals surface area contributed by atoms with Crippen LogP contribution >= 0.6 is 0 Å². The van der Waals surface area contributed by atoms with Gasteiger partial charge < -0.3 is 9.80 Å². The molecule has 2 amide bonds. The molecule has 2 aliphatic heterocycles. The van der Waals surface area contributed by atoms with Crippen molar-refractivity contribution in [2.45, 2.75) is 51.6 Å². The van der Waals surface area contributed by atoms with Crippen molar-refractivity contribution in [3.05, 3.63) is 0 Å². The van der Waals surface area contributed by atoms with Crippen molar-refractivity contribution < 1.29 is 4.79 Å². The Morgan fingerprint density at radius 3 is 2.57 bits per heavy atom. The Kier molecular flexibility index (Phi) is 2.20. The molecule has 1 unspecified atom stereocenters. The van der Waals surface area contributed by atoms with Crippen molar-refractivity contribution in [1.29, 1.82) is 0 Å². The number of carbonyl (C=O) groups is 1. The molecule has 0 bridgehead atoms. The van der Waals surface area contributed by atoms with Crippen LogP contribution in [0, 0.1) is 0 Å². The molecule has 0 aromatic heterocycles. The van der Waals surface area contributed by atoms with Gasteiger partial charge in [0.2, 0.25) is 0 Å². The van der Waals surface area contributed by atoms with E-state index in [4.69, 9.17) is 0 Å². The zero-order chi connectivity index (χ0) is 10.3. The standard InChI is InChI=1S/C11H20N2O/c1-11(2,3)13-8-9-6-4-5-7-12(9)10(13)14/h9H,4-8H2,1-3H3. The second kappa shape index (κ2) is 3.14. The van der Waals surface area contributed by atoms with Gasteiger partial charge in [0.1, 0.15) is 0 Å². The van der Waals surface area contributed by atoms with Crippen molar-refractivity contribution >= 4 is 6.03 Å². The molecule has 3 nitrogen and oxygen atoms in total. The quantitative estimate of drug-likeness (QED) is 0.582. The molecule has 80 valence electrons. The number of carbonyl (C=O) groups excluding carboxylic acids is 1. The van der Waals surface area contributed by atoms with Crippen LogP contribution in [0.2, 0.25) is 0 Å². The van der Waals surface area contributed by atoms with Gasteiger partial charge in [-0.05, 0) is 40.0 Å². The highest BCUT2D eigenvalue weighted by Gasteiger charge is 2.42. The van der Waals surface area contributed by atoms with Gasteiger partial charge >= 0.3 is 6.03 Å². The second-order valence-corrected chi connectivity index (χ2v) is 5.41. The molecule has 2 fully saturated rings. The first-order valence-corrected chi connectivity index (χ1v) is 5.58. The number of amides is 2. The van der Waals surface area contributed by atoms with E-state index in [9.17, 15) is 4.79 Å². The Morgan fingerprint density at radius 1 is 1.29 bits per heavy atom. The summed E-state index contributed by atoms with van der Waals surface area (Å²) < 4.78 is 0. The number of nitrogens with zero attached hydrogens (tertiary/aromatic N) is 2. The van der Waals surface area contributed by atoms with Gasteiger partial charge in [-0.1, -0.05) is 0 Å². The summed E-state index contributed by atoms with van der Waals surface area (Å²) in [6.45, 7) is 8.24. The first kappa shape index (κ1) is 9.81. The maximum absolute atomic E-state index is 12.0. The van der Waals surface area contributed by atoms with E-state index in [0.717, 1.165) is 13.1 Å². The summed E-state index contributed by atoms with van der Waals surface area (Å²) in [4.78, 5) is 16.1. The Morgan fingerprint density at radius 2 is 2.00 bits per heavy atom. The molecule has 0 N–H and O–H groups in total. The number of fused-ring (bicyclic) bond motifs is 1. The lowest BCUT2D eigenvalue weighted by atomic mass is 10.0. The lowest BCUT2D eigenvalue weighted by molar-refractivity contribution is 0.152.